The number of guanidine groups is 1. The summed E-state index contributed by atoms with van der Waals surface area (Å²) in [6, 6.07) is 6.21. The van der Waals surface area contributed by atoms with Gasteiger partial charge in [0.1, 0.15) is 12.4 Å². The average molecular weight is 562 g/mol. The van der Waals surface area contributed by atoms with E-state index in [4.69, 9.17) is 14.5 Å². The summed E-state index contributed by atoms with van der Waals surface area (Å²) in [5.41, 5.74) is 2.22. The highest BCUT2D eigenvalue weighted by Gasteiger charge is 2.17. The topological polar surface area (TPSA) is 78.4 Å². The van der Waals surface area contributed by atoms with Crippen LogP contribution in [-0.4, -0.2) is 87.3 Å². The van der Waals surface area contributed by atoms with Gasteiger partial charge in [0.15, 0.2) is 5.96 Å². The summed E-state index contributed by atoms with van der Waals surface area (Å²) in [7, 11) is 0. The number of rotatable bonds is 11. The normalized spacial score (nSPS) is 14.6. The van der Waals surface area contributed by atoms with Crippen LogP contribution in [0.2, 0.25) is 0 Å². The maximum atomic E-state index is 11.5. The van der Waals surface area contributed by atoms with Crippen LogP contribution in [0.25, 0.3) is 0 Å². The second kappa shape index (κ2) is 16.1. The molecule has 1 heterocycles. The second-order valence-corrected chi connectivity index (χ2v) is 7.63. The molecule has 1 saturated heterocycles. The molecule has 2 rings (SSSR count). The molecule has 0 atom stereocenters. The summed E-state index contributed by atoms with van der Waals surface area (Å²) in [6.07, 6.45) is 0. The van der Waals surface area contributed by atoms with Crippen LogP contribution >= 0.6 is 24.0 Å². The number of amides is 1. The molecule has 0 aromatic heterocycles. The zero-order valence-electron chi connectivity index (χ0n) is 20.0. The predicted octanol–water partition coefficient (Wildman–Crippen LogP) is 2.25. The molecular formula is C23H40IN5O3. The minimum atomic E-state index is 0. The zero-order valence-corrected chi connectivity index (χ0v) is 22.3. The van der Waals surface area contributed by atoms with Crippen LogP contribution in [0, 0.1) is 6.92 Å². The Bertz CT molecular complexity index is 709. The van der Waals surface area contributed by atoms with Gasteiger partial charge in [0, 0.05) is 64.9 Å². The Hall–Kier alpha value is -1.59. The Balaban J connectivity index is 0.00000512. The van der Waals surface area contributed by atoms with Crippen molar-refractivity contribution in [1.82, 2.24) is 20.4 Å². The van der Waals surface area contributed by atoms with Crippen molar-refractivity contribution in [1.29, 1.82) is 0 Å². The first kappa shape index (κ1) is 28.4. The van der Waals surface area contributed by atoms with Crippen LogP contribution in [0.4, 0.5) is 0 Å². The van der Waals surface area contributed by atoms with E-state index in [2.05, 4.69) is 47.6 Å². The summed E-state index contributed by atoms with van der Waals surface area (Å²) >= 11 is 0. The molecule has 9 heteroatoms. The smallest absolute Gasteiger partial charge is 0.219 e. The van der Waals surface area contributed by atoms with Gasteiger partial charge in [0.05, 0.1) is 13.2 Å². The number of nitrogens with one attached hydrogen (secondary N) is 2. The number of carbonyl (C=O) groups excluding carboxylic acids is 1. The maximum absolute atomic E-state index is 11.5. The first-order valence-electron chi connectivity index (χ1n) is 11.3. The minimum Gasteiger partial charge on any atom is -0.491 e. The van der Waals surface area contributed by atoms with Crippen molar-refractivity contribution >= 4 is 35.8 Å². The van der Waals surface area contributed by atoms with Gasteiger partial charge >= 0.3 is 0 Å². The number of hydrogen-bond donors (Lipinski definition) is 2. The predicted molar refractivity (Wildman–Crippen MR) is 140 cm³/mol. The largest absolute Gasteiger partial charge is 0.491 e. The Labute approximate surface area is 210 Å². The van der Waals surface area contributed by atoms with Gasteiger partial charge in [-0.3, -0.25) is 9.69 Å². The van der Waals surface area contributed by atoms with Gasteiger partial charge in [-0.05, 0) is 32.4 Å². The molecule has 1 aliphatic heterocycles. The molecule has 1 fully saturated rings. The average Bonchev–Trinajstić information content (AvgIpc) is 2.76. The quantitative estimate of drug-likeness (QED) is 0.187. The standard InChI is InChI=1S/C23H39N5O3.HI/c1-5-24-23(25-9-10-27-11-13-28(14-12-27)20(4)29)26-18-21-8-7-19(3)17-22(21)31-16-15-30-6-2;/h7-8,17H,5-6,9-16,18H2,1-4H3,(H2,24,25,26);1H. The van der Waals surface area contributed by atoms with Crippen LogP contribution in [0.5, 0.6) is 5.75 Å². The summed E-state index contributed by atoms with van der Waals surface area (Å²) < 4.78 is 11.3. The molecule has 182 valence electrons. The van der Waals surface area contributed by atoms with E-state index in [0.717, 1.165) is 68.6 Å². The van der Waals surface area contributed by atoms with Gasteiger partial charge < -0.3 is 25.0 Å². The number of ether oxygens (including phenoxy) is 2. The first-order valence-corrected chi connectivity index (χ1v) is 11.3. The molecule has 0 radical (unpaired) electrons. The van der Waals surface area contributed by atoms with E-state index in [1.165, 1.54) is 0 Å². The van der Waals surface area contributed by atoms with Crippen molar-refractivity contribution in [3.63, 3.8) is 0 Å². The third kappa shape index (κ3) is 10.4. The Morgan fingerprint density at radius 2 is 1.88 bits per heavy atom. The molecule has 8 nitrogen and oxygen atoms in total. The maximum Gasteiger partial charge on any atom is 0.219 e. The Kier molecular flexibility index (Phi) is 14.3. The van der Waals surface area contributed by atoms with Crippen molar-refractivity contribution in [2.45, 2.75) is 34.2 Å². The van der Waals surface area contributed by atoms with Crippen molar-refractivity contribution < 1.29 is 14.3 Å². The molecule has 1 aliphatic rings. The van der Waals surface area contributed by atoms with Crippen LogP contribution in [0.15, 0.2) is 23.2 Å². The SMILES string of the molecule is CCNC(=NCc1ccc(C)cc1OCCOCC)NCCN1CCN(C(C)=O)CC1.I. The summed E-state index contributed by atoms with van der Waals surface area (Å²) in [5, 5.41) is 6.73. The van der Waals surface area contributed by atoms with E-state index in [1.54, 1.807) is 6.92 Å². The number of aliphatic imine (C=N–C) groups is 1. The van der Waals surface area contributed by atoms with Crippen LogP contribution in [0.1, 0.15) is 31.9 Å². The van der Waals surface area contributed by atoms with Crippen LogP contribution in [0.3, 0.4) is 0 Å². The van der Waals surface area contributed by atoms with E-state index in [9.17, 15) is 4.79 Å². The zero-order chi connectivity index (χ0) is 22.5. The second-order valence-electron chi connectivity index (χ2n) is 7.63. The number of nitrogens with zero attached hydrogens (tertiary/aromatic N) is 3. The molecule has 2 N–H and O–H groups in total. The molecule has 0 bridgehead atoms. The molecule has 0 saturated carbocycles. The van der Waals surface area contributed by atoms with Gasteiger partial charge in [0.2, 0.25) is 5.91 Å². The lowest BCUT2D eigenvalue weighted by Gasteiger charge is -2.34. The highest BCUT2D eigenvalue weighted by molar-refractivity contribution is 14.0. The summed E-state index contributed by atoms with van der Waals surface area (Å²) in [4.78, 5) is 20.5. The molecule has 1 aromatic carbocycles. The molecule has 32 heavy (non-hydrogen) atoms. The molecule has 0 unspecified atom stereocenters. The molecule has 1 aromatic rings. The highest BCUT2D eigenvalue weighted by Crippen LogP contribution is 2.21. The minimum absolute atomic E-state index is 0. The van der Waals surface area contributed by atoms with E-state index in [0.29, 0.717) is 26.4 Å². The number of hydrogen-bond acceptors (Lipinski definition) is 5. The molecule has 0 spiro atoms. The molecular weight excluding hydrogens is 521 g/mol. The van der Waals surface area contributed by atoms with E-state index < -0.39 is 0 Å². The van der Waals surface area contributed by atoms with Crippen molar-refractivity contribution in [2.24, 2.45) is 4.99 Å². The number of halogens is 1. The lowest BCUT2D eigenvalue weighted by molar-refractivity contribution is -0.130. The number of benzene rings is 1. The lowest BCUT2D eigenvalue weighted by Crippen LogP contribution is -2.50. The number of aryl methyl sites for hydroxylation is 1. The fourth-order valence-electron chi connectivity index (χ4n) is 3.41. The fraction of sp³-hybridized carbons (Fsp3) is 0.652. The van der Waals surface area contributed by atoms with Gasteiger partial charge in [-0.2, -0.15) is 0 Å². The van der Waals surface area contributed by atoms with Crippen LogP contribution < -0.4 is 15.4 Å². The Morgan fingerprint density at radius 3 is 2.53 bits per heavy atom. The Morgan fingerprint density at radius 1 is 1.12 bits per heavy atom. The van der Waals surface area contributed by atoms with Crippen molar-refractivity contribution in [2.75, 3.05) is 65.6 Å². The van der Waals surface area contributed by atoms with Gasteiger partial charge in [0.25, 0.3) is 0 Å². The van der Waals surface area contributed by atoms with Crippen molar-refractivity contribution in [3.8, 4) is 5.75 Å². The van der Waals surface area contributed by atoms with E-state index in [1.807, 2.05) is 11.8 Å². The first-order chi connectivity index (χ1) is 15.0. The number of carbonyl (C=O) groups is 1. The molecule has 1 amide bonds. The van der Waals surface area contributed by atoms with Gasteiger partial charge in [-0.25, -0.2) is 4.99 Å². The highest BCUT2D eigenvalue weighted by atomic mass is 127. The van der Waals surface area contributed by atoms with E-state index in [-0.39, 0.29) is 29.9 Å². The van der Waals surface area contributed by atoms with Crippen LogP contribution in [-0.2, 0) is 16.1 Å². The number of piperazine rings is 1. The summed E-state index contributed by atoms with van der Waals surface area (Å²) in [6.45, 7) is 16.1. The lowest BCUT2D eigenvalue weighted by atomic mass is 10.1. The third-order valence-electron chi connectivity index (χ3n) is 5.20. The van der Waals surface area contributed by atoms with Gasteiger partial charge in [-0.1, -0.05) is 12.1 Å². The molecule has 0 aliphatic carbocycles. The summed E-state index contributed by atoms with van der Waals surface area (Å²) in [5.74, 6) is 1.82. The monoisotopic (exact) mass is 561 g/mol. The van der Waals surface area contributed by atoms with Crippen molar-refractivity contribution in [3.05, 3.63) is 29.3 Å². The van der Waals surface area contributed by atoms with Gasteiger partial charge in [-0.15, -0.1) is 24.0 Å². The fourth-order valence-corrected chi connectivity index (χ4v) is 3.41. The third-order valence-corrected chi connectivity index (χ3v) is 5.20. The van der Waals surface area contributed by atoms with E-state index >= 15 is 0 Å².